The predicted octanol–water partition coefficient (Wildman–Crippen LogP) is 5.08. The van der Waals surface area contributed by atoms with Crippen LogP contribution in [0.1, 0.15) is 98.0 Å². The largest absolute Gasteiger partial charge is 0.389 e. The summed E-state index contributed by atoms with van der Waals surface area (Å²) in [4.78, 5) is 28.2. The molecule has 3 atom stereocenters. The van der Waals surface area contributed by atoms with E-state index in [0.717, 1.165) is 61.8 Å². The lowest BCUT2D eigenvalue weighted by molar-refractivity contribution is -0.117. The third kappa shape index (κ3) is 6.29. The maximum Gasteiger partial charge on any atom is 0.251 e. The van der Waals surface area contributed by atoms with E-state index < -0.39 is 12.1 Å². The first-order valence-corrected chi connectivity index (χ1v) is 14.7. The van der Waals surface area contributed by atoms with Crippen molar-refractivity contribution < 1.29 is 14.7 Å². The van der Waals surface area contributed by atoms with Crippen LogP contribution in [0.15, 0.2) is 48.5 Å². The Kier molecular flexibility index (Phi) is 8.80. The molecule has 2 amide bonds. The van der Waals surface area contributed by atoms with Crippen LogP contribution in [0.25, 0.3) is 0 Å². The minimum absolute atomic E-state index is 0.121. The van der Waals surface area contributed by atoms with Crippen LogP contribution in [-0.4, -0.2) is 41.7 Å². The van der Waals surface area contributed by atoms with Gasteiger partial charge in [0, 0.05) is 30.3 Å². The van der Waals surface area contributed by atoms with Gasteiger partial charge in [0.1, 0.15) is 0 Å². The monoisotopic (exact) mass is 517 g/mol. The molecular formula is C32H43N3O3. The van der Waals surface area contributed by atoms with Gasteiger partial charge in [-0.3, -0.25) is 9.59 Å². The van der Waals surface area contributed by atoms with E-state index in [-0.39, 0.29) is 23.8 Å². The molecule has 2 aromatic rings. The van der Waals surface area contributed by atoms with Crippen molar-refractivity contribution >= 4 is 17.5 Å². The van der Waals surface area contributed by atoms with Crippen molar-refractivity contribution in [1.82, 2.24) is 5.32 Å². The molecule has 1 saturated heterocycles. The molecule has 6 nitrogen and oxygen atoms in total. The Balaban J connectivity index is 1.41. The zero-order chi connectivity index (χ0) is 26.5. The molecule has 0 radical (unpaired) electrons. The summed E-state index contributed by atoms with van der Waals surface area (Å²) in [7, 11) is 0. The number of hydrogen-bond acceptors (Lipinski definition) is 4. The van der Waals surface area contributed by atoms with Crippen molar-refractivity contribution in [2.45, 2.75) is 101 Å². The van der Waals surface area contributed by atoms with Gasteiger partial charge in [0.05, 0.1) is 12.1 Å². The molecule has 6 heteroatoms. The van der Waals surface area contributed by atoms with Gasteiger partial charge >= 0.3 is 0 Å². The smallest absolute Gasteiger partial charge is 0.251 e. The number of aliphatic hydroxyl groups is 1. The van der Waals surface area contributed by atoms with Crippen molar-refractivity contribution in [2.24, 2.45) is 11.7 Å². The van der Waals surface area contributed by atoms with Crippen LogP contribution in [-0.2, 0) is 11.2 Å². The Bertz CT molecular complexity index is 1090. The summed E-state index contributed by atoms with van der Waals surface area (Å²) in [6.45, 7) is 0.694. The van der Waals surface area contributed by atoms with Crippen molar-refractivity contribution in [3.8, 4) is 0 Å². The number of anilines is 1. The molecule has 5 rings (SSSR count). The summed E-state index contributed by atoms with van der Waals surface area (Å²) >= 11 is 0. The van der Waals surface area contributed by atoms with E-state index in [2.05, 4.69) is 11.4 Å². The highest BCUT2D eigenvalue weighted by molar-refractivity contribution is 5.99. The molecule has 2 aromatic carbocycles. The third-order valence-corrected chi connectivity index (χ3v) is 9.03. The molecule has 4 N–H and O–H groups in total. The molecule has 0 bridgehead atoms. The van der Waals surface area contributed by atoms with E-state index in [0.29, 0.717) is 30.9 Å². The molecule has 3 unspecified atom stereocenters. The summed E-state index contributed by atoms with van der Waals surface area (Å²) in [5, 5.41) is 14.7. The fourth-order valence-electron chi connectivity index (χ4n) is 6.78. The van der Waals surface area contributed by atoms with Gasteiger partial charge in [-0.2, -0.15) is 0 Å². The number of hydrogen-bond donors (Lipinski definition) is 3. The van der Waals surface area contributed by atoms with Gasteiger partial charge in [0.25, 0.3) is 5.91 Å². The molecule has 38 heavy (non-hydrogen) atoms. The number of rotatable bonds is 9. The highest BCUT2D eigenvalue weighted by Gasteiger charge is 2.33. The van der Waals surface area contributed by atoms with Gasteiger partial charge in [-0.15, -0.1) is 0 Å². The van der Waals surface area contributed by atoms with Crippen molar-refractivity contribution in [1.29, 1.82) is 0 Å². The maximum atomic E-state index is 13.8. The summed E-state index contributed by atoms with van der Waals surface area (Å²) < 4.78 is 0. The van der Waals surface area contributed by atoms with Crippen molar-refractivity contribution in [3.05, 3.63) is 65.2 Å². The Labute approximate surface area is 227 Å². The molecule has 3 fully saturated rings. The molecule has 0 aromatic heterocycles. The van der Waals surface area contributed by atoms with E-state index in [1.807, 2.05) is 47.4 Å². The third-order valence-electron chi connectivity index (χ3n) is 9.03. The van der Waals surface area contributed by atoms with Crippen LogP contribution in [0.5, 0.6) is 0 Å². The Hall–Kier alpha value is -2.70. The van der Waals surface area contributed by atoms with Crippen LogP contribution in [0.4, 0.5) is 5.69 Å². The second-order valence-electron chi connectivity index (χ2n) is 11.7. The normalized spacial score (nSPS) is 21.4. The minimum atomic E-state index is -0.847. The topological polar surface area (TPSA) is 95.7 Å². The quantitative estimate of drug-likeness (QED) is 0.432. The fraction of sp³-hybridized carbons (Fsp3) is 0.562. The first kappa shape index (κ1) is 26.9. The lowest BCUT2D eigenvalue weighted by atomic mass is 9.80. The average molecular weight is 518 g/mol. The standard InChI is InChI=1S/C32H43N3O3/c33-30(24-14-5-2-6-15-24)31(37)28(18-22-10-3-1-4-11-22)34-32(38)26-19-25(23-12-7-8-13-23)20-27(21-26)35-17-9-16-29(35)36/h1,3-4,10-11,19-21,23-24,28,30-31,37H,2,5-9,12-18,33H2,(H,34,38). The van der Waals surface area contributed by atoms with E-state index in [1.165, 1.54) is 19.3 Å². The first-order chi connectivity index (χ1) is 18.5. The molecule has 2 saturated carbocycles. The predicted molar refractivity (Wildman–Crippen MR) is 151 cm³/mol. The van der Waals surface area contributed by atoms with Crippen molar-refractivity contribution in [3.63, 3.8) is 0 Å². The number of benzene rings is 2. The number of nitrogens with zero attached hydrogens (tertiary/aromatic N) is 1. The van der Waals surface area contributed by atoms with Crippen LogP contribution < -0.4 is 16.0 Å². The molecule has 0 spiro atoms. The van der Waals surface area contributed by atoms with Gasteiger partial charge in [0.15, 0.2) is 0 Å². The SMILES string of the molecule is NC(C1CCCCC1)C(O)C(Cc1ccccc1)NC(=O)c1cc(C2CCCC2)cc(N2CCCC2=O)c1. The Morgan fingerprint density at radius 3 is 2.37 bits per heavy atom. The average Bonchev–Trinajstić information content (AvgIpc) is 3.65. The number of aliphatic hydroxyl groups excluding tert-OH is 1. The van der Waals surface area contributed by atoms with Crippen LogP contribution in [0.3, 0.4) is 0 Å². The molecule has 3 aliphatic rings. The van der Waals surface area contributed by atoms with Crippen LogP contribution in [0.2, 0.25) is 0 Å². The zero-order valence-corrected chi connectivity index (χ0v) is 22.5. The van der Waals surface area contributed by atoms with E-state index in [9.17, 15) is 14.7 Å². The van der Waals surface area contributed by atoms with E-state index in [4.69, 9.17) is 5.73 Å². The molecular weight excluding hydrogens is 474 g/mol. The van der Waals surface area contributed by atoms with Crippen LogP contribution >= 0.6 is 0 Å². The molecule has 1 heterocycles. The number of carbonyl (C=O) groups excluding carboxylic acids is 2. The number of amides is 2. The lowest BCUT2D eigenvalue weighted by Gasteiger charge is -2.35. The lowest BCUT2D eigenvalue weighted by Crippen LogP contribution is -2.55. The number of nitrogens with two attached hydrogens (primary N) is 1. The second kappa shape index (κ2) is 12.4. The van der Waals surface area contributed by atoms with E-state index >= 15 is 0 Å². The summed E-state index contributed by atoms with van der Waals surface area (Å²) in [6, 6.07) is 15.1. The van der Waals surface area contributed by atoms with Crippen LogP contribution in [0, 0.1) is 5.92 Å². The number of carbonyl (C=O) groups is 2. The summed E-state index contributed by atoms with van der Waals surface area (Å²) in [6.07, 6.45) is 11.3. The van der Waals surface area contributed by atoms with Gasteiger partial charge in [-0.1, -0.05) is 62.4 Å². The molecule has 2 aliphatic carbocycles. The second-order valence-corrected chi connectivity index (χ2v) is 11.7. The maximum absolute atomic E-state index is 13.8. The highest BCUT2D eigenvalue weighted by Crippen LogP contribution is 2.37. The molecule has 204 valence electrons. The van der Waals surface area contributed by atoms with E-state index in [1.54, 1.807) is 0 Å². The summed E-state index contributed by atoms with van der Waals surface area (Å²) in [5.74, 6) is 0.598. The fourth-order valence-corrected chi connectivity index (χ4v) is 6.78. The Morgan fingerprint density at radius 2 is 1.68 bits per heavy atom. The van der Waals surface area contributed by atoms with Gasteiger partial charge in [0.2, 0.25) is 5.91 Å². The first-order valence-electron chi connectivity index (χ1n) is 14.7. The Morgan fingerprint density at radius 1 is 0.974 bits per heavy atom. The zero-order valence-electron chi connectivity index (χ0n) is 22.5. The number of nitrogens with one attached hydrogen (secondary N) is 1. The van der Waals surface area contributed by atoms with Gasteiger partial charge in [-0.25, -0.2) is 0 Å². The van der Waals surface area contributed by atoms with Gasteiger partial charge < -0.3 is 21.1 Å². The molecule has 1 aliphatic heterocycles. The summed E-state index contributed by atoms with van der Waals surface area (Å²) in [5.41, 5.74) is 10.2. The minimum Gasteiger partial charge on any atom is -0.389 e. The highest BCUT2D eigenvalue weighted by atomic mass is 16.3. The van der Waals surface area contributed by atoms with Crippen molar-refractivity contribution in [2.75, 3.05) is 11.4 Å². The van der Waals surface area contributed by atoms with Gasteiger partial charge in [-0.05, 0) is 79.7 Å².